The molecular weight excluding hydrogens is 164 g/mol. The second-order valence-electron chi connectivity index (χ2n) is 2.97. The summed E-state index contributed by atoms with van der Waals surface area (Å²) in [5, 5.41) is 0. The highest BCUT2D eigenvalue weighted by molar-refractivity contribution is 5.95. The Labute approximate surface area is 78.4 Å². The van der Waals surface area contributed by atoms with Crippen molar-refractivity contribution in [1.29, 1.82) is 0 Å². The predicted octanol–water partition coefficient (Wildman–Crippen LogP) is 1.22. The second-order valence-corrected chi connectivity index (χ2v) is 2.97. The van der Waals surface area contributed by atoms with Crippen LogP contribution in [0.5, 0.6) is 0 Å². The normalized spacial score (nSPS) is 10.4. The molecule has 3 nitrogen and oxygen atoms in total. The van der Waals surface area contributed by atoms with Crippen molar-refractivity contribution >= 4 is 5.78 Å². The number of rotatable bonds is 4. The van der Waals surface area contributed by atoms with E-state index in [0.717, 1.165) is 6.54 Å². The summed E-state index contributed by atoms with van der Waals surface area (Å²) < 4.78 is 0. The number of likely N-dealkylation sites (N-methyl/N-ethyl adjacent to an activating group) is 1. The van der Waals surface area contributed by atoms with Gasteiger partial charge in [-0.25, -0.2) is 0 Å². The van der Waals surface area contributed by atoms with E-state index in [4.69, 9.17) is 0 Å². The molecule has 1 heterocycles. The first-order valence-electron chi connectivity index (χ1n) is 4.36. The molecule has 0 aliphatic carbocycles. The molecule has 0 aliphatic rings. The number of hydrogen-bond acceptors (Lipinski definition) is 3. The lowest BCUT2D eigenvalue weighted by Crippen LogP contribution is -2.26. The van der Waals surface area contributed by atoms with E-state index in [1.165, 1.54) is 0 Å². The fraction of sp³-hybridized carbons (Fsp3) is 0.400. The lowest BCUT2D eigenvalue weighted by molar-refractivity contribution is 0.0944. The Morgan fingerprint density at radius 1 is 1.54 bits per heavy atom. The molecule has 1 aromatic heterocycles. The minimum Gasteiger partial charge on any atom is -0.299 e. The smallest absolute Gasteiger partial charge is 0.195 e. The van der Waals surface area contributed by atoms with Crippen molar-refractivity contribution in [2.75, 3.05) is 20.1 Å². The fourth-order valence-corrected chi connectivity index (χ4v) is 0.966. The van der Waals surface area contributed by atoms with Crippen molar-refractivity contribution in [3.8, 4) is 0 Å². The number of pyridine rings is 1. The molecule has 0 amide bonds. The van der Waals surface area contributed by atoms with E-state index in [9.17, 15) is 4.79 Å². The zero-order valence-corrected chi connectivity index (χ0v) is 8.03. The highest BCUT2D eigenvalue weighted by Gasteiger charge is 2.07. The van der Waals surface area contributed by atoms with Gasteiger partial charge in [0.1, 0.15) is 5.69 Å². The number of hydrogen-bond donors (Lipinski definition) is 0. The van der Waals surface area contributed by atoms with E-state index in [0.29, 0.717) is 12.2 Å². The third kappa shape index (κ3) is 2.95. The number of Topliss-reactive ketones (excluding diaryl/α,β-unsaturated/α-hetero) is 1. The molecule has 0 unspecified atom stereocenters. The van der Waals surface area contributed by atoms with Crippen LogP contribution in [-0.4, -0.2) is 35.8 Å². The minimum atomic E-state index is 0.0740. The molecule has 0 atom stereocenters. The summed E-state index contributed by atoms with van der Waals surface area (Å²) in [6.07, 6.45) is 1.64. The molecule has 1 rings (SSSR count). The van der Waals surface area contributed by atoms with Crippen LogP contribution in [0.4, 0.5) is 0 Å². The molecule has 1 aromatic rings. The van der Waals surface area contributed by atoms with E-state index < -0.39 is 0 Å². The molecule has 0 radical (unpaired) electrons. The first-order valence-corrected chi connectivity index (χ1v) is 4.36. The standard InChI is InChI=1S/C10H14N2O/c1-3-12(2)8-10(13)9-6-4-5-7-11-9/h4-7H,3,8H2,1-2H3. The molecular formula is C10H14N2O. The van der Waals surface area contributed by atoms with Crippen molar-refractivity contribution in [2.24, 2.45) is 0 Å². The van der Waals surface area contributed by atoms with Crippen LogP contribution >= 0.6 is 0 Å². The SMILES string of the molecule is CCN(C)CC(=O)c1ccccn1. The molecule has 3 heteroatoms. The van der Waals surface area contributed by atoms with Crippen molar-refractivity contribution in [1.82, 2.24) is 9.88 Å². The second kappa shape index (κ2) is 4.72. The van der Waals surface area contributed by atoms with Crippen molar-refractivity contribution in [3.63, 3.8) is 0 Å². The zero-order chi connectivity index (χ0) is 9.68. The summed E-state index contributed by atoms with van der Waals surface area (Å²) in [4.78, 5) is 17.5. The number of carbonyl (C=O) groups excluding carboxylic acids is 1. The molecule has 70 valence electrons. The van der Waals surface area contributed by atoms with E-state index in [1.54, 1.807) is 18.3 Å². The van der Waals surface area contributed by atoms with Gasteiger partial charge in [0.25, 0.3) is 0 Å². The predicted molar refractivity (Wildman–Crippen MR) is 51.7 cm³/mol. The van der Waals surface area contributed by atoms with Crippen LogP contribution in [-0.2, 0) is 0 Å². The molecule has 13 heavy (non-hydrogen) atoms. The quantitative estimate of drug-likeness (QED) is 0.650. The zero-order valence-electron chi connectivity index (χ0n) is 8.03. The van der Waals surface area contributed by atoms with Gasteiger partial charge in [-0.3, -0.25) is 14.7 Å². The third-order valence-electron chi connectivity index (χ3n) is 1.90. The maximum atomic E-state index is 11.5. The van der Waals surface area contributed by atoms with Gasteiger partial charge in [-0.15, -0.1) is 0 Å². The monoisotopic (exact) mass is 178 g/mol. The van der Waals surface area contributed by atoms with Gasteiger partial charge in [-0.2, -0.15) is 0 Å². The molecule has 0 aliphatic heterocycles. The average Bonchev–Trinajstić information content (AvgIpc) is 2.19. The highest BCUT2D eigenvalue weighted by atomic mass is 16.1. The Morgan fingerprint density at radius 3 is 2.85 bits per heavy atom. The summed E-state index contributed by atoms with van der Waals surface area (Å²) in [5.41, 5.74) is 0.544. The Kier molecular flexibility index (Phi) is 3.58. The third-order valence-corrected chi connectivity index (χ3v) is 1.90. The van der Waals surface area contributed by atoms with Crippen molar-refractivity contribution in [3.05, 3.63) is 30.1 Å². The van der Waals surface area contributed by atoms with Crippen molar-refractivity contribution in [2.45, 2.75) is 6.92 Å². The van der Waals surface area contributed by atoms with Crippen LogP contribution in [0, 0.1) is 0 Å². The first kappa shape index (κ1) is 9.86. The van der Waals surface area contributed by atoms with Gasteiger partial charge < -0.3 is 0 Å². The Hall–Kier alpha value is -1.22. The topological polar surface area (TPSA) is 33.2 Å². The van der Waals surface area contributed by atoms with Crippen molar-refractivity contribution < 1.29 is 4.79 Å². The van der Waals surface area contributed by atoms with Gasteiger partial charge in [-0.1, -0.05) is 13.0 Å². The van der Waals surface area contributed by atoms with Crippen LogP contribution in [0.3, 0.4) is 0 Å². The molecule has 0 saturated heterocycles. The molecule has 0 spiro atoms. The van der Waals surface area contributed by atoms with E-state index in [-0.39, 0.29) is 5.78 Å². The van der Waals surface area contributed by atoms with E-state index in [1.807, 2.05) is 24.9 Å². The summed E-state index contributed by atoms with van der Waals surface area (Å²) in [7, 11) is 1.92. The average molecular weight is 178 g/mol. The summed E-state index contributed by atoms with van der Waals surface area (Å²) in [6, 6.07) is 5.37. The van der Waals surface area contributed by atoms with Gasteiger partial charge in [0.05, 0.1) is 6.54 Å². The maximum Gasteiger partial charge on any atom is 0.195 e. The molecule has 0 N–H and O–H groups in total. The lowest BCUT2D eigenvalue weighted by atomic mass is 10.2. The summed E-state index contributed by atoms with van der Waals surface area (Å²) in [6.45, 7) is 3.33. The summed E-state index contributed by atoms with van der Waals surface area (Å²) >= 11 is 0. The minimum absolute atomic E-state index is 0.0740. The number of ketones is 1. The number of nitrogens with zero attached hydrogens (tertiary/aromatic N) is 2. The Balaban J connectivity index is 2.59. The van der Waals surface area contributed by atoms with Gasteiger partial charge in [0, 0.05) is 6.20 Å². The van der Waals surface area contributed by atoms with Gasteiger partial charge in [0.2, 0.25) is 0 Å². The van der Waals surface area contributed by atoms with Crippen LogP contribution in [0.25, 0.3) is 0 Å². The van der Waals surface area contributed by atoms with Crippen LogP contribution in [0.1, 0.15) is 17.4 Å². The Bertz CT molecular complexity index is 272. The Morgan fingerprint density at radius 2 is 2.31 bits per heavy atom. The summed E-state index contributed by atoms with van der Waals surface area (Å²) in [5.74, 6) is 0.0740. The largest absolute Gasteiger partial charge is 0.299 e. The molecule has 0 bridgehead atoms. The van der Waals surface area contributed by atoms with E-state index in [2.05, 4.69) is 4.98 Å². The highest BCUT2D eigenvalue weighted by Crippen LogP contribution is 1.96. The van der Waals surface area contributed by atoms with Crippen LogP contribution in [0.15, 0.2) is 24.4 Å². The molecule has 0 fully saturated rings. The van der Waals surface area contributed by atoms with Gasteiger partial charge in [0.15, 0.2) is 5.78 Å². The fourth-order valence-electron chi connectivity index (χ4n) is 0.966. The maximum absolute atomic E-state index is 11.5. The lowest BCUT2D eigenvalue weighted by Gasteiger charge is -2.11. The first-order chi connectivity index (χ1) is 6.24. The number of aromatic nitrogens is 1. The molecule has 0 aromatic carbocycles. The van der Waals surface area contributed by atoms with Gasteiger partial charge in [-0.05, 0) is 25.7 Å². The number of carbonyl (C=O) groups is 1. The van der Waals surface area contributed by atoms with E-state index >= 15 is 0 Å². The van der Waals surface area contributed by atoms with Crippen LogP contribution < -0.4 is 0 Å². The van der Waals surface area contributed by atoms with Crippen LogP contribution in [0.2, 0.25) is 0 Å². The van der Waals surface area contributed by atoms with Gasteiger partial charge >= 0.3 is 0 Å². The molecule has 0 saturated carbocycles.